The van der Waals surface area contributed by atoms with Gasteiger partial charge in [0.05, 0.1) is 6.10 Å². The average molecular weight is 198 g/mol. The fourth-order valence-corrected chi connectivity index (χ4v) is 2.41. The van der Waals surface area contributed by atoms with Crippen molar-refractivity contribution in [3.63, 3.8) is 0 Å². The molecule has 1 N–H and O–H groups in total. The number of nitrogens with one attached hydrogen (secondary N) is 1. The number of nitrogens with zero attached hydrogens (tertiary/aromatic N) is 1. The van der Waals surface area contributed by atoms with Crippen LogP contribution in [-0.2, 0) is 4.74 Å². The lowest BCUT2D eigenvalue weighted by atomic mass is 10.1. The molecule has 0 radical (unpaired) electrons. The predicted octanol–water partition coefficient (Wildman–Crippen LogP) is 0.849. The molecular formula is C11H22N2O. The first-order valence-electron chi connectivity index (χ1n) is 5.92. The molecule has 2 atom stereocenters. The molecule has 0 aromatic rings. The molecule has 0 saturated carbocycles. The number of hydrogen-bond acceptors (Lipinski definition) is 3. The fourth-order valence-electron chi connectivity index (χ4n) is 2.41. The van der Waals surface area contributed by atoms with Crippen LogP contribution in [0.4, 0.5) is 0 Å². The van der Waals surface area contributed by atoms with Crippen molar-refractivity contribution in [1.82, 2.24) is 10.2 Å². The van der Waals surface area contributed by atoms with Gasteiger partial charge in [-0.3, -0.25) is 0 Å². The van der Waals surface area contributed by atoms with Crippen molar-refractivity contribution in [2.45, 2.75) is 38.3 Å². The third-order valence-electron chi connectivity index (χ3n) is 3.24. The van der Waals surface area contributed by atoms with Gasteiger partial charge in [0.15, 0.2) is 0 Å². The van der Waals surface area contributed by atoms with Gasteiger partial charge in [-0.15, -0.1) is 0 Å². The maximum Gasteiger partial charge on any atom is 0.0588 e. The smallest absolute Gasteiger partial charge is 0.0588 e. The van der Waals surface area contributed by atoms with Gasteiger partial charge in [0.2, 0.25) is 0 Å². The van der Waals surface area contributed by atoms with E-state index in [9.17, 15) is 0 Å². The van der Waals surface area contributed by atoms with Crippen molar-refractivity contribution in [2.24, 2.45) is 0 Å². The van der Waals surface area contributed by atoms with Crippen molar-refractivity contribution in [2.75, 3.05) is 32.8 Å². The van der Waals surface area contributed by atoms with E-state index in [0.717, 1.165) is 13.2 Å². The lowest BCUT2D eigenvalue weighted by molar-refractivity contribution is 0.0873. The van der Waals surface area contributed by atoms with Gasteiger partial charge in [0, 0.05) is 38.8 Å². The summed E-state index contributed by atoms with van der Waals surface area (Å²) in [6.45, 7) is 8.02. The normalized spacial score (nSPS) is 34.9. The topological polar surface area (TPSA) is 24.5 Å². The van der Waals surface area contributed by atoms with Crippen LogP contribution in [0.3, 0.4) is 0 Å². The molecule has 2 fully saturated rings. The quantitative estimate of drug-likeness (QED) is 0.727. The van der Waals surface area contributed by atoms with E-state index in [0.29, 0.717) is 12.1 Å². The van der Waals surface area contributed by atoms with Crippen LogP contribution < -0.4 is 5.32 Å². The Labute approximate surface area is 86.8 Å². The molecule has 0 aliphatic carbocycles. The monoisotopic (exact) mass is 198 g/mol. The second-order valence-corrected chi connectivity index (χ2v) is 4.58. The van der Waals surface area contributed by atoms with E-state index < -0.39 is 0 Å². The van der Waals surface area contributed by atoms with Crippen molar-refractivity contribution >= 4 is 0 Å². The maximum atomic E-state index is 5.63. The molecule has 0 spiro atoms. The highest BCUT2D eigenvalue weighted by molar-refractivity contribution is 4.76. The Balaban J connectivity index is 1.64. The van der Waals surface area contributed by atoms with Gasteiger partial charge in [-0.1, -0.05) is 0 Å². The van der Waals surface area contributed by atoms with Gasteiger partial charge in [0.25, 0.3) is 0 Å². The highest BCUT2D eigenvalue weighted by Crippen LogP contribution is 2.15. The zero-order valence-corrected chi connectivity index (χ0v) is 9.17. The molecule has 0 aromatic carbocycles. The third kappa shape index (κ3) is 2.94. The number of rotatable bonds is 3. The average Bonchev–Trinajstić information content (AvgIpc) is 2.67. The summed E-state index contributed by atoms with van der Waals surface area (Å²) in [7, 11) is 0. The van der Waals surface area contributed by atoms with Gasteiger partial charge in [0.1, 0.15) is 0 Å². The van der Waals surface area contributed by atoms with Crippen LogP contribution in [0.1, 0.15) is 26.2 Å². The van der Waals surface area contributed by atoms with E-state index in [-0.39, 0.29) is 0 Å². The SMILES string of the molecule is CC1CN(CCC2CCCO2)CCN1. The molecule has 0 aromatic heterocycles. The molecule has 3 heteroatoms. The number of piperazine rings is 1. The highest BCUT2D eigenvalue weighted by Gasteiger charge is 2.19. The van der Waals surface area contributed by atoms with E-state index in [1.807, 2.05) is 0 Å². The minimum absolute atomic E-state index is 0.556. The van der Waals surface area contributed by atoms with Crippen molar-refractivity contribution in [3.05, 3.63) is 0 Å². The summed E-state index contributed by atoms with van der Waals surface area (Å²) in [6, 6.07) is 0.660. The Hall–Kier alpha value is -0.120. The lowest BCUT2D eigenvalue weighted by Gasteiger charge is -2.32. The van der Waals surface area contributed by atoms with E-state index in [1.54, 1.807) is 0 Å². The summed E-state index contributed by atoms with van der Waals surface area (Å²) in [5, 5.41) is 3.47. The van der Waals surface area contributed by atoms with Crippen LogP contribution >= 0.6 is 0 Å². The van der Waals surface area contributed by atoms with Crippen LogP contribution in [0.2, 0.25) is 0 Å². The van der Waals surface area contributed by atoms with E-state index in [4.69, 9.17) is 4.74 Å². The first-order valence-corrected chi connectivity index (χ1v) is 5.92. The molecule has 2 heterocycles. The minimum Gasteiger partial charge on any atom is -0.378 e. The van der Waals surface area contributed by atoms with Crippen LogP contribution in [0.25, 0.3) is 0 Å². The Morgan fingerprint density at radius 1 is 1.50 bits per heavy atom. The van der Waals surface area contributed by atoms with E-state index >= 15 is 0 Å². The minimum atomic E-state index is 0.556. The molecule has 0 bridgehead atoms. The van der Waals surface area contributed by atoms with Crippen LogP contribution in [-0.4, -0.2) is 49.8 Å². The Bertz CT molecular complexity index is 169. The number of hydrogen-bond donors (Lipinski definition) is 1. The van der Waals surface area contributed by atoms with Gasteiger partial charge in [-0.2, -0.15) is 0 Å². The van der Waals surface area contributed by atoms with Gasteiger partial charge in [-0.05, 0) is 26.2 Å². The van der Waals surface area contributed by atoms with E-state index in [2.05, 4.69) is 17.1 Å². The molecule has 14 heavy (non-hydrogen) atoms. The van der Waals surface area contributed by atoms with E-state index in [1.165, 1.54) is 38.9 Å². The van der Waals surface area contributed by atoms with Gasteiger partial charge in [-0.25, -0.2) is 0 Å². The third-order valence-corrected chi connectivity index (χ3v) is 3.24. The molecule has 2 rings (SSSR count). The van der Waals surface area contributed by atoms with Crippen molar-refractivity contribution < 1.29 is 4.74 Å². The Morgan fingerprint density at radius 2 is 2.43 bits per heavy atom. The predicted molar refractivity (Wildman–Crippen MR) is 57.5 cm³/mol. The van der Waals surface area contributed by atoms with Crippen LogP contribution in [0, 0.1) is 0 Å². The zero-order valence-electron chi connectivity index (χ0n) is 9.17. The molecule has 2 saturated heterocycles. The molecule has 3 nitrogen and oxygen atoms in total. The molecule has 2 aliphatic heterocycles. The highest BCUT2D eigenvalue weighted by atomic mass is 16.5. The summed E-state index contributed by atoms with van der Waals surface area (Å²) in [5.41, 5.74) is 0. The molecular weight excluding hydrogens is 176 g/mol. The lowest BCUT2D eigenvalue weighted by Crippen LogP contribution is -2.49. The molecule has 2 unspecified atom stereocenters. The molecule has 0 amide bonds. The van der Waals surface area contributed by atoms with Crippen LogP contribution in [0.15, 0.2) is 0 Å². The Kier molecular flexibility index (Phi) is 3.79. The second kappa shape index (κ2) is 5.10. The first kappa shape index (κ1) is 10.4. The summed E-state index contributed by atoms with van der Waals surface area (Å²) in [4.78, 5) is 2.56. The van der Waals surface area contributed by atoms with Gasteiger partial charge < -0.3 is 15.0 Å². The summed E-state index contributed by atoms with van der Waals surface area (Å²) < 4.78 is 5.63. The fraction of sp³-hybridized carbons (Fsp3) is 1.00. The standard InChI is InChI=1S/C11H22N2O/c1-10-9-13(7-5-12-10)6-4-11-3-2-8-14-11/h10-12H,2-9H2,1H3. The maximum absolute atomic E-state index is 5.63. The zero-order chi connectivity index (χ0) is 9.80. The van der Waals surface area contributed by atoms with Crippen molar-refractivity contribution in [3.8, 4) is 0 Å². The largest absolute Gasteiger partial charge is 0.378 e. The summed E-state index contributed by atoms with van der Waals surface area (Å²) >= 11 is 0. The summed E-state index contributed by atoms with van der Waals surface area (Å²) in [5.74, 6) is 0. The molecule has 82 valence electrons. The molecule has 2 aliphatic rings. The van der Waals surface area contributed by atoms with Crippen LogP contribution in [0.5, 0.6) is 0 Å². The first-order chi connectivity index (χ1) is 6.84. The number of ether oxygens (including phenoxy) is 1. The second-order valence-electron chi connectivity index (χ2n) is 4.58. The van der Waals surface area contributed by atoms with Gasteiger partial charge >= 0.3 is 0 Å². The van der Waals surface area contributed by atoms with Crippen molar-refractivity contribution in [1.29, 1.82) is 0 Å². The summed E-state index contributed by atoms with van der Waals surface area (Å²) in [6.07, 6.45) is 4.33. The Morgan fingerprint density at radius 3 is 3.14 bits per heavy atom.